The molecule has 0 spiro atoms. The highest BCUT2D eigenvalue weighted by Gasteiger charge is 2.17. The number of nitrogens with zero attached hydrogens (tertiary/aromatic N) is 1. The number of thiazole rings is 1. The van der Waals surface area contributed by atoms with Crippen LogP contribution in [-0.4, -0.2) is 16.1 Å². The molecule has 0 fully saturated rings. The molecule has 6 heteroatoms. The lowest BCUT2D eigenvalue weighted by atomic mass is 10.2. The van der Waals surface area contributed by atoms with E-state index < -0.39 is 0 Å². The Morgan fingerprint density at radius 2 is 2.13 bits per heavy atom. The summed E-state index contributed by atoms with van der Waals surface area (Å²) in [6.07, 6.45) is 0. The topological polar surface area (TPSA) is 42.0 Å². The van der Waals surface area contributed by atoms with E-state index >= 15 is 0 Å². The number of aryl methyl sites for hydroxylation is 1. The molecule has 0 bridgehead atoms. The number of carbonyl (C=O) groups excluding carboxylic acids is 1. The van der Waals surface area contributed by atoms with Crippen molar-refractivity contribution < 1.29 is 4.79 Å². The number of rotatable bonds is 4. The Labute approximate surface area is 148 Å². The summed E-state index contributed by atoms with van der Waals surface area (Å²) in [5.74, 6) is -0.0297. The molecule has 0 aliphatic heterocycles. The Morgan fingerprint density at radius 1 is 1.30 bits per heavy atom. The predicted molar refractivity (Wildman–Crippen MR) is 99.8 cm³/mol. The van der Waals surface area contributed by atoms with Crippen molar-refractivity contribution in [1.29, 1.82) is 0 Å². The number of nitrogens with one attached hydrogen (secondary N) is 1. The van der Waals surface area contributed by atoms with Crippen molar-refractivity contribution in [3.05, 3.63) is 53.1 Å². The molecule has 3 nitrogen and oxygen atoms in total. The number of anilines is 1. The van der Waals surface area contributed by atoms with Crippen LogP contribution in [0.3, 0.4) is 0 Å². The molecule has 118 valence electrons. The van der Waals surface area contributed by atoms with Crippen LogP contribution in [-0.2, 0) is 4.79 Å². The zero-order valence-corrected chi connectivity index (χ0v) is 15.1. The number of hydrogen-bond donors (Lipinski definition) is 1. The largest absolute Gasteiger partial charge is 0.325 e. The van der Waals surface area contributed by atoms with Gasteiger partial charge in [-0.05, 0) is 49.7 Å². The van der Waals surface area contributed by atoms with E-state index in [1.165, 1.54) is 11.8 Å². The zero-order valence-electron chi connectivity index (χ0n) is 12.7. The molecule has 1 heterocycles. The van der Waals surface area contributed by atoms with E-state index in [4.69, 9.17) is 11.6 Å². The van der Waals surface area contributed by atoms with E-state index in [9.17, 15) is 4.79 Å². The third kappa shape index (κ3) is 4.05. The Kier molecular flexibility index (Phi) is 4.90. The minimum Gasteiger partial charge on any atom is -0.325 e. The standard InChI is InChI=1S/C17H15ClN2OS2/c1-10-4-3-5-13(8-10)19-16(21)11(2)22-17-20-14-9-12(18)6-7-15(14)23-17/h3-9,11H,1-2H3,(H,19,21)/t11-/m1/s1. The highest BCUT2D eigenvalue weighted by molar-refractivity contribution is 8.02. The van der Waals surface area contributed by atoms with Gasteiger partial charge in [-0.2, -0.15) is 0 Å². The molecule has 1 atom stereocenters. The van der Waals surface area contributed by atoms with Gasteiger partial charge >= 0.3 is 0 Å². The van der Waals surface area contributed by atoms with E-state index in [-0.39, 0.29) is 11.2 Å². The SMILES string of the molecule is Cc1cccc(NC(=O)[C@@H](C)Sc2nc3cc(Cl)ccc3s2)c1. The summed E-state index contributed by atoms with van der Waals surface area (Å²) in [6.45, 7) is 3.88. The lowest BCUT2D eigenvalue weighted by molar-refractivity contribution is -0.115. The quantitative estimate of drug-likeness (QED) is 0.634. The van der Waals surface area contributed by atoms with Gasteiger partial charge in [0.15, 0.2) is 4.34 Å². The van der Waals surface area contributed by atoms with E-state index in [0.29, 0.717) is 5.02 Å². The summed E-state index contributed by atoms with van der Waals surface area (Å²) in [4.78, 5) is 16.9. The molecule has 23 heavy (non-hydrogen) atoms. The molecule has 0 unspecified atom stereocenters. The lowest BCUT2D eigenvalue weighted by Gasteiger charge is -2.10. The number of thioether (sulfide) groups is 1. The van der Waals surface area contributed by atoms with E-state index in [1.54, 1.807) is 11.3 Å². The Morgan fingerprint density at radius 3 is 2.91 bits per heavy atom. The first kappa shape index (κ1) is 16.3. The number of halogens is 1. The Balaban J connectivity index is 1.69. The van der Waals surface area contributed by atoms with Gasteiger partial charge in [0.25, 0.3) is 0 Å². The maximum Gasteiger partial charge on any atom is 0.237 e. The molecular formula is C17H15ClN2OS2. The Hall–Kier alpha value is -1.56. The average molecular weight is 363 g/mol. The second-order valence-corrected chi connectivity index (χ2v) is 8.27. The van der Waals surface area contributed by atoms with E-state index in [0.717, 1.165) is 25.8 Å². The fourth-order valence-corrected chi connectivity index (χ4v) is 4.46. The van der Waals surface area contributed by atoms with Gasteiger partial charge in [-0.1, -0.05) is 35.5 Å². The van der Waals surface area contributed by atoms with Crippen LogP contribution in [0.25, 0.3) is 10.2 Å². The summed E-state index contributed by atoms with van der Waals surface area (Å²) < 4.78 is 1.94. The molecule has 0 aliphatic carbocycles. The van der Waals surface area contributed by atoms with Gasteiger partial charge in [0, 0.05) is 10.7 Å². The van der Waals surface area contributed by atoms with Crippen molar-refractivity contribution in [3.63, 3.8) is 0 Å². The number of fused-ring (bicyclic) bond motifs is 1. The second kappa shape index (κ2) is 6.91. The van der Waals surface area contributed by atoms with Crippen LogP contribution in [0, 0.1) is 6.92 Å². The summed E-state index contributed by atoms with van der Waals surface area (Å²) in [7, 11) is 0. The molecule has 0 saturated carbocycles. The number of amides is 1. The molecular weight excluding hydrogens is 348 g/mol. The highest BCUT2D eigenvalue weighted by Crippen LogP contribution is 2.33. The molecule has 2 aromatic carbocycles. The van der Waals surface area contributed by atoms with E-state index in [1.807, 2.05) is 56.3 Å². The molecule has 3 aromatic rings. The van der Waals surface area contributed by atoms with Gasteiger partial charge in [-0.15, -0.1) is 11.3 Å². The lowest BCUT2D eigenvalue weighted by Crippen LogP contribution is -2.22. The van der Waals surface area contributed by atoms with Crippen LogP contribution in [0.1, 0.15) is 12.5 Å². The highest BCUT2D eigenvalue weighted by atomic mass is 35.5. The van der Waals surface area contributed by atoms with Gasteiger partial charge in [-0.25, -0.2) is 4.98 Å². The molecule has 0 saturated heterocycles. The zero-order chi connectivity index (χ0) is 16.4. The molecule has 3 rings (SSSR count). The van der Waals surface area contributed by atoms with E-state index in [2.05, 4.69) is 10.3 Å². The van der Waals surface area contributed by atoms with Crippen LogP contribution in [0.4, 0.5) is 5.69 Å². The number of aromatic nitrogens is 1. The number of hydrogen-bond acceptors (Lipinski definition) is 4. The average Bonchev–Trinajstić information content (AvgIpc) is 2.88. The van der Waals surface area contributed by atoms with Crippen LogP contribution in [0.5, 0.6) is 0 Å². The molecule has 1 amide bonds. The first-order chi connectivity index (χ1) is 11.0. The maximum absolute atomic E-state index is 12.3. The number of carbonyl (C=O) groups is 1. The fourth-order valence-electron chi connectivity index (χ4n) is 2.10. The second-order valence-electron chi connectivity index (χ2n) is 5.21. The molecule has 0 aliphatic rings. The molecule has 1 aromatic heterocycles. The van der Waals surface area contributed by atoms with Crippen molar-refractivity contribution in [2.45, 2.75) is 23.4 Å². The normalized spacial score (nSPS) is 12.3. The first-order valence-electron chi connectivity index (χ1n) is 7.11. The monoisotopic (exact) mass is 362 g/mol. The van der Waals surface area contributed by atoms with Crippen LogP contribution < -0.4 is 5.32 Å². The van der Waals surface area contributed by atoms with Gasteiger partial charge < -0.3 is 5.32 Å². The third-order valence-corrected chi connectivity index (χ3v) is 5.73. The minimum atomic E-state index is -0.230. The van der Waals surface area contributed by atoms with Gasteiger partial charge in [0.2, 0.25) is 5.91 Å². The summed E-state index contributed by atoms with van der Waals surface area (Å²) in [5, 5.41) is 3.38. The number of benzene rings is 2. The van der Waals surface area contributed by atoms with Crippen molar-refractivity contribution in [3.8, 4) is 0 Å². The van der Waals surface area contributed by atoms with Crippen molar-refractivity contribution >= 4 is 56.5 Å². The fraction of sp³-hybridized carbons (Fsp3) is 0.176. The van der Waals surface area contributed by atoms with Crippen LogP contribution >= 0.6 is 34.7 Å². The third-order valence-electron chi connectivity index (χ3n) is 3.26. The van der Waals surface area contributed by atoms with Gasteiger partial charge in [-0.3, -0.25) is 4.79 Å². The van der Waals surface area contributed by atoms with Crippen molar-refractivity contribution in [2.75, 3.05) is 5.32 Å². The van der Waals surface area contributed by atoms with Gasteiger partial charge in [0.1, 0.15) is 0 Å². The predicted octanol–water partition coefficient (Wildman–Crippen LogP) is 5.38. The minimum absolute atomic E-state index is 0.0297. The molecule has 1 N–H and O–H groups in total. The van der Waals surface area contributed by atoms with Crippen LogP contribution in [0.2, 0.25) is 5.02 Å². The summed E-state index contributed by atoms with van der Waals surface area (Å²) >= 11 is 9.01. The van der Waals surface area contributed by atoms with Crippen molar-refractivity contribution in [2.24, 2.45) is 0 Å². The van der Waals surface area contributed by atoms with Crippen LogP contribution in [0.15, 0.2) is 46.8 Å². The smallest absolute Gasteiger partial charge is 0.237 e. The maximum atomic E-state index is 12.3. The van der Waals surface area contributed by atoms with Gasteiger partial charge in [0.05, 0.1) is 15.5 Å². The Bertz CT molecular complexity index is 863. The van der Waals surface area contributed by atoms with Crippen molar-refractivity contribution in [1.82, 2.24) is 4.98 Å². The summed E-state index contributed by atoms with van der Waals surface area (Å²) in [5.41, 5.74) is 2.81. The summed E-state index contributed by atoms with van der Waals surface area (Å²) in [6, 6.07) is 13.4. The molecule has 0 radical (unpaired) electrons. The first-order valence-corrected chi connectivity index (χ1v) is 9.19.